The molecule has 0 saturated carbocycles. The molecule has 1 atom stereocenters. The van der Waals surface area contributed by atoms with E-state index in [0.717, 1.165) is 5.70 Å². The lowest BCUT2D eigenvalue weighted by molar-refractivity contribution is -0.167. The summed E-state index contributed by atoms with van der Waals surface area (Å²) in [7, 11) is 1.42. The van der Waals surface area contributed by atoms with Gasteiger partial charge < -0.3 is 15.3 Å². The molecule has 9 heavy (non-hydrogen) atoms. The van der Waals surface area contributed by atoms with Gasteiger partial charge in [-0.05, 0) is 6.92 Å². The maximum absolute atomic E-state index is 9.20. The Balaban J connectivity index is 2.64. The second-order valence-electron chi connectivity index (χ2n) is 1.98. The average Bonchev–Trinajstić information content (AvgIpc) is 2.13. The van der Waals surface area contributed by atoms with E-state index in [4.69, 9.17) is 0 Å². The Morgan fingerprint density at radius 1 is 1.78 bits per heavy atom. The first-order valence-electron chi connectivity index (χ1n) is 2.66. The highest BCUT2D eigenvalue weighted by molar-refractivity contribution is 5.07. The third-order valence-corrected chi connectivity index (χ3v) is 1.16. The van der Waals surface area contributed by atoms with Crippen LogP contribution < -0.4 is 10.9 Å². The molecule has 1 aliphatic rings. The van der Waals surface area contributed by atoms with Gasteiger partial charge in [-0.3, -0.25) is 0 Å². The molecule has 0 aromatic carbocycles. The van der Waals surface area contributed by atoms with Crippen molar-refractivity contribution in [3.8, 4) is 0 Å². The summed E-state index contributed by atoms with van der Waals surface area (Å²) in [4.78, 5) is 0. The standard InChI is InChI=1S/C5H10N2O2/c1-4-3-5(8,9-2)7-6-4/h3,6-8H,1-2H3. The van der Waals surface area contributed by atoms with Crippen molar-refractivity contribution in [2.75, 3.05) is 7.11 Å². The van der Waals surface area contributed by atoms with Gasteiger partial charge in [-0.1, -0.05) is 0 Å². The molecule has 1 rings (SSSR count). The molecule has 3 N–H and O–H groups in total. The van der Waals surface area contributed by atoms with Gasteiger partial charge in [0.05, 0.1) is 0 Å². The van der Waals surface area contributed by atoms with Gasteiger partial charge in [-0.15, -0.1) is 0 Å². The Bertz CT molecular complexity index is 146. The van der Waals surface area contributed by atoms with Crippen LogP contribution >= 0.6 is 0 Å². The highest BCUT2D eigenvalue weighted by atomic mass is 16.6. The van der Waals surface area contributed by atoms with Crippen molar-refractivity contribution >= 4 is 0 Å². The predicted octanol–water partition coefficient (Wildman–Crippen LogP) is -0.710. The van der Waals surface area contributed by atoms with Crippen molar-refractivity contribution in [2.45, 2.75) is 12.8 Å². The summed E-state index contributed by atoms with van der Waals surface area (Å²) in [5.74, 6) is -1.32. The van der Waals surface area contributed by atoms with Crippen molar-refractivity contribution in [3.63, 3.8) is 0 Å². The van der Waals surface area contributed by atoms with E-state index in [-0.39, 0.29) is 0 Å². The summed E-state index contributed by atoms with van der Waals surface area (Å²) < 4.78 is 4.67. The van der Waals surface area contributed by atoms with Gasteiger partial charge in [-0.2, -0.15) is 5.43 Å². The van der Waals surface area contributed by atoms with Gasteiger partial charge in [0.15, 0.2) is 0 Å². The van der Waals surface area contributed by atoms with Crippen LogP contribution in [0.2, 0.25) is 0 Å². The minimum absolute atomic E-state index is 0.847. The van der Waals surface area contributed by atoms with Crippen LogP contribution in [0.1, 0.15) is 6.92 Å². The second kappa shape index (κ2) is 1.98. The molecule has 0 radical (unpaired) electrons. The van der Waals surface area contributed by atoms with E-state index >= 15 is 0 Å². The molecule has 1 aliphatic heterocycles. The molecular formula is C5H10N2O2. The van der Waals surface area contributed by atoms with Crippen LogP contribution in [0.25, 0.3) is 0 Å². The van der Waals surface area contributed by atoms with Crippen LogP contribution in [-0.4, -0.2) is 18.1 Å². The maximum Gasteiger partial charge on any atom is 0.264 e. The van der Waals surface area contributed by atoms with E-state index < -0.39 is 5.91 Å². The molecule has 0 spiro atoms. The lowest BCUT2D eigenvalue weighted by atomic mass is 10.4. The van der Waals surface area contributed by atoms with Gasteiger partial charge >= 0.3 is 0 Å². The molecule has 4 heteroatoms. The molecule has 0 aromatic heterocycles. The van der Waals surface area contributed by atoms with E-state index in [1.54, 1.807) is 6.08 Å². The summed E-state index contributed by atoms with van der Waals surface area (Å²) in [6.07, 6.45) is 1.55. The monoisotopic (exact) mass is 130 g/mol. The molecule has 0 fully saturated rings. The van der Waals surface area contributed by atoms with Crippen LogP contribution in [0.4, 0.5) is 0 Å². The normalized spacial score (nSPS) is 33.9. The molecule has 0 saturated heterocycles. The van der Waals surface area contributed by atoms with E-state index in [1.165, 1.54) is 7.11 Å². The smallest absolute Gasteiger partial charge is 0.264 e. The fraction of sp³-hybridized carbons (Fsp3) is 0.600. The van der Waals surface area contributed by atoms with Crippen molar-refractivity contribution in [1.29, 1.82) is 0 Å². The van der Waals surface area contributed by atoms with Crippen LogP contribution in [0.15, 0.2) is 11.8 Å². The first-order valence-corrected chi connectivity index (χ1v) is 2.66. The Hall–Kier alpha value is -0.580. The number of allylic oxidation sites excluding steroid dienone is 1. The SMILES string of the molecule is COC1(O)C=C(C)NN1. The van der Waals surface area contributed by atoms with Gasteiger partial charge in [0.1, 0.15) is 0 Å². The number of aliphatic hydroxyl groups is 1. The molecular weight excluding hydrogens is 120 g/mol. The number of rotatable bonds is 1. The highest BCUT2D eigenvalue weighted by Gasteiger charge is 2.27. The van der Waals surface area contributed by atoms with Gasteiger partial charge in [0, 0.05) is 18.9 Å². The lowest BCUT2D eigenvalue weighted by Crippen LogP contribution is -2.45. The predicted molar refractivity (Wildman–Crippen MR) is 32.0 cm³/mol. The van der Waals surface area contributed by atoms with E-state index in [9.17, 15) is 5.11 Å². The van der Waals surface area contributed by atoms with E-state index in [0.29, 0.717) is 0 Å². The van der Waals surface area contributed by atoms with Crippen LogP contribution in [0.3, 0.4) is 0 Å². The number of hydrogen-bond acceptors (Lipinski definition) is 4. The molecule has 52 valence electrons. The van der Waals surface area contributed by atoms with Crippen molar-refractivity contribution in [2.24, 2.45) is 0 Å². The fourth-order valence-electron chi connectivity index (χ4n) is 0.664. The quantitative estimate of drug-likeness (QED) is 0.410. The Morgan fingerprint density at radius 3 is 2.67 bits per heavy atom. The molecule has 1 unspecified atom stereocenters. The highest BCUT2D eigenvalue weighted by Crippen LogP contribution is 2.09. The molecule has 0 bridgehead atoms. The Labute approximate surface area is 53.5 Å². The fourth-order valence-corrected chi connectivity index (χ4v) is 0.664. The molecule has 1 heterocycles. The van der Waals surface area contributed by atoms with Crippen LogP contribution in [-0.2, 0) is 4.74 Å². The summed E-state index contributed by atoms with van der Waals surface area (Å²) >= 11 is 0. The minimum Gasteiger partial charge on any atom is -0.349 e. The average molecular weight is 130 g/mol. The number of hydrogen-bond donors (Lipinski definition) is 3. The summed E-state index contributed by atoms with van der Waals surface area (Å²) in [5, 5.41) is 9.20. The number of ether oxygens (including phenoxy) is 1. The zero-order valence-corrected chi connectivity index (χ0v) is 5.43. The Kier molecular flexibility index (Phi) is 1.44. The molecule has 0 aliphatic carbocycles. The number of nitrogens with one attached hydrogen (secondary N) is 2. The number of hydrazine groups is 1. The number of methoxy groups -OCH3 is 1. The summed E-state index contributed by atoms with van der Waals surface area (Å²) in [5.41, 5.74) is 6.07. The largest absolute Gasteiger partial charge is 0.349 e. The van der Waals surface area contributed by atoms with Gasteiger partial charge in [-0.25, -0.2) is 0 Å². The first kappa shape index (κ1) is 6.54. The van der Waals surface area contributed by atoms with E-state index in [1.807, 2.05) is 6.92 Å². The zero-order valence-electron chi connectivity index (χ0n) is 5.43. The second-order valence-corrected chi connectivity index (χ2v) is 1.98. The topological polar surface area (TPSA) is 53.5 Å². The van der Waals surface area contributed by atoms with Crippen LogP contribution in [0, 0.1) is 0 Å². The third kappa shape index (κ3) is 1.21. The van der Waals surface area contributed by atoms with Crippen molar-refractivity contribution in [3.05, 3.63) is 11.8 Å². The lowest BCUT2D eigenvalue weighted by Gasteiger charge is -2.17. The minimum atomic E-state index is -1.32. The van der Waals surface area contributed by atoms with Gasteiger partial charge in [0.2, 0.25) is 0 Å². The zero-order chi connectivity index (χ0) is 6.91. The van der Waals surface area contributed by atoms with E-state index in [2.05, 4.69) is 15.6 Å². The summed E-state index contributed by atoms with van der Waals surface area (Å²) in [6, 6.07) is 0. The van der Waals surface area contributed by atoms with Gasteiger partial charge in [0.25, 0.3) is 5.91 Å². The summed E-state index contributed by atoms with van der Waals surface area (Å²) in [6.45, 7) is 1.82. The van der Waals surface area contributed by atoms with Crippen LogP contribution in [0.5, 0.6) is 0 Å². The van der Waals surface area contributed by atoms with Crippen molar-refractivity contribution < 1.29 is 9.84 Å². The maximum atomic E-state index is 9.20. The Morgan fingerprint density at radius 2 is 2.44 bits per heavy atom. The third-order valence-electron chi connectivity index (χ3n) is 1.16. The molecule has 0 aromatic rings. The first-order chi connectivity index (χ1) is 4.16. The molecule has 0 amide bonds. The van der Waals surface area contributed by atoms with Crippen molar-refractivity contribution in [1.82, 2.24) is 10.9 Å². The molecule has 4 nitrogen and oxygen atoms in total.